The maximum absolute atomic E-state index is 12.2. The number of hydrogen-bond donors (Lipinski definition) is 0. The van der Waals surface area contributed by atoms with Gasteiger partial charge in [-0.3, -0.25) is 4.79 Å². The minimum atomic E-state index is -4.97. The van der Waals surface area contributed by atoms with E-state index in [4.69, 9.17) is 0 Å². The molecule has 0 heterocycles. The number of benzene rings is 1. The van der Waals surface area contributed by atoms with Crippen LogP contribution in [0.4, 0.5) is 12.9 Å². The van der Waals surface area contributed by atoms with Crippen molar-refractivity contribution in [3.05, 3.63) is 41.5 Å². The van der Waals surface area contributed by atoms with Crippen LogP contribution in [0.15, 0.2) is 35.9 Å². The maximum Gasteiger partial charge on any atom is 1.00 e. The van der Waals surface area contributed by atoms with Gasteiger partial charge in [-0.15, -0.1) is 0 Å². The van der Waals surface area contributed by atoms with Gasteiger partial charge in [0.1, 0.15) is 0 Å². The van der Waals surface area contributed by atoms with Crippen LogP contribution < -0.4 is 51.4 Å². The largest absolute Gasteiger partial charge is 1.00 e. The molecule has 0 bridgehead atoms. The van der Waals surface area contributed by atoms with Crippen LogP contribution in [0.2, 0.25) is 6.32 Å². The molecular formula is C11H11BF3KO. The molecule has 0 amide bonds. The smallest absolute Gasteiger partial charge is 0.449 e. The molecule has 0 unspecified atom stereocenters. The Morgan fingerprint density at radius 3 is 2.18 bits per heavy atom. The van der Waals surface area contributed by atoms with Crippen molar-refractivity contribution in [3.8, 4) is 0 Å². The van der Waals surface area contributed by atoms with E-state index < -0.39 is 19.1 Å². The van der Waals surface area contributed by atoms with Crippen LogP contribution in [0, 0.1) is 0 Å². The fourth-order valence-electron chi connectivity index (χ4n) is 1.30. The summed E-state index contributed by atoms with van der Waals surface area (Å²) in [6, 6.07) is 8.50. The summed E-state index contributed by atoms with van der Waals surface area (Å²) >= 11 is 0. The van der Waals surface area contributed by atoms with Gasteiger partial charge >= 0.3 is 58.4 Å². The Hall–Kier alpha value is 0.121. The normalized spacial score (nSPS) is 11.9. The minimum Gasteiger partial charge on any atom is -0.449 e. The van der Waals surface area contributed by atoms with Gasteiger partial charge in [0.15, 0.2) is 5.78 Å². The van der Waals surface area contributed by atoms with Gasteiger partial charge in [0.05, 0.1) is 0 Å². The number of Topliss-reactive ketones (excluding diaryl/α,β-unsaturated/α-hetero) is 1. The van der Waals surface area contributed by atoms with E-state index in [1.165, 1.54) is 6.08 Å². The second-order valence-corrected chi connectivity index (χ2v) is 3.55. The van der Waals surface area contributed by atoms with E-state index in [0.717, 1.165) is 6.92 Å². The molecule has 0 aliphatic rings. The van der Waals surface area contributed by atoms with Crippen molar-refractivity contribution in [2.45, 2.75) is 13.2 Å². The third kappa shape index (κ3) is 7.21. The fraction of sp³-hybridized carbons (Fsp3) is 0.182. The molecule has 1 aromatic carbocycles. The molecule has 0 N–H and O–H groups in total. The predicted molar refractivity (Wildman–Crippen MR) is 59.0 cm³/mol. The van der Waals surface area contributed by atoms with Gasteiger partial charge in [-0.1, -0.05) is 42.7 Å². The Bertz CT molecular complexity index is 401. The van der Waals surface area contributed by atoms with E-state index in [0.29, 0.717) is 5.56 Å². The summed E-state index contributed by atoms with van der Waals surface area (Å²) < 4.78 is 36.7. The van der Waals surface area contributed by atoms with E-state index in [1.54, 1.807) is 30.3 Å². The van der Waals surface area contributed by atoms with Gasteiger partial charge in [-0.2, -0.15) is 0 Å². The van der Waals surface area contributed by atoms with Crippen molar-refractivity contribution in [2.24, 2.45) is 0 Å². The second kappa shape index (κ2) is 7.53. The summed E-state index contributed by atoms with van der Waals surface area (Å²) in [6.45, 7) is -3.82. The molecule has 1 nitrogen and oxygen atoms in total. The van der Waals surface area contributed by atoms with Gasteiger partial charge in [-0.25, -0.2) is 0 Å². The number of allylic oxidation sites excluding steroid dienone is 1. The molecule has 0 aliphatic heterocycles. The predicted octanol–water partition coefficient (Wildman–Crippen LogP) is 0.510. The zero-order valence-corrected chi connectivity index (χ0v) is 12.9. The van der Waals surface area contributed by atoms with Crippen molar-refractivity contribution in [3.63, 3.8) is 0 Å². The SMILES string of the molecule is CC(=O)/C(=C/c1ccccc1)C[B-](F)(F)F.[K+]. The minimum absolute atomic E-state index is 0. The number of carbonyl (C=O) groups is 1. The Balaban J connectivity index is 0.00000256. The first-order valence-corrected chi connectivity index (χ1v) is 4.86. The van der Waals surface area contributed by atoms with Crippen LogP contribution in [0.1, 0.15) is 12.5 Å². The van der Waals surface area contributed by atoms with E-state index >= 15 is 0 Å². The van der Waals surface area contributed by atoms with E-state index in [1.807, 2.05) is 0 Å². The topological polar surface area (TPSA) is 17.1 Å². The van der Waals surface area contributed by atoms with Crippen LogP contribution in [-0.4, -0.2) is 12.8 Å². The number of halogens is 3. The summed E-state index contributed by atoms with van der Waals surface area (Å²) in [6.07, 6.45) is 0.168. The molecule has 0 saturated heterocycles. The third-order valence-electron chi connectivity index (χ3n) is 2.04. The average Bonchev–Trinajstić information content (AvgIpc) is 2.16. The van der Waals surface area contributed by atoms with Crippen LogP contribution in [0.3, 0.4) is 0 Å². The summed E-state index contributed by atoms with van der Waals surface area (Å²) in [7, 11) is 0. The van der Waals surface area contributed by atoms with Crippen molar-refractivity contribution in [1.82, 2.24) is 0 Å². The van der Waals surface area contributed by atoms with E-state index in [9.17, 15) is 17.7 Å². The molecule has 0 radical (unpaired) electrons. The van der Waals surface area contributed by atoms with Crippen LogP contribution in [-0.2, 0) is 4.79 Å². The fourth-order valence-corrected chi connectivity index (χ4v) is 1.30. The molecule has 86 valence electrons. The number of ketones is 1. The quantitative estimate of drug-likeness (QED) is 0.573. The number of carbonyl (C=O) groups excluding carboxylic acids is 1. The van der Waals surface area contributed by atoms with E-state index in [-0.39, 0.29) is 57.0 Å². The van der Waals surface area contributed by atoms with Crippen molar-refractivity contribution in [1.29, 1.82) is 0 Å². The Kier molecular flexibility index (Phi) is 7.59. The molecule has 0 saturated carbocycles. The first kappa shape index (κ1) is 17.1. The van der Waals surface area contributed by atoms with Crippen LogP contribution in [0.5, 0.6) is 0 Å². The first-order valence-electron chi connectivity index (χ1n) is 4.86. The standard InChI is InChI=1S/C11H11BF3O.K/c1-9(16)11(8-12(13,14)15)7-10-5-3-2-4-6-10;/h2-7H,8H2,1H3;/q-1;+1/b11-7+;. The Labute approximate surface area is 141 Å². The molecule has 6 heteroatoms. The molecule has 0 fully saturated rings. The Morgan fingerprint density at radius 2 is 1.76 bits per heavy atom. The summed E-state index contributed by atoms with van der Waals surface area (Å²) in [5.74, 6) is -0.539. The number of rotatable bonds is 4. The molecule has 1 aromatic rings. The monoisotopic (exact) mass is 266 g/mol. The first-order chi connectivity index (χ1) is 7.38. The van der Waals surface area contributed by atoms with Gasteiger partial charge in [0, 0.05) is 0 Å². The summed E-state index contributed by atoms with van der Waals surface area (Å²) in [4.78, 5) is 11.1. The second-order valence-electron chi connectivity index (χ2n) is 3.55. The zero-order valence-electron chi connectivity index (χ0n) is 9.79. The molecule has 0 spiro atoms. The van der Waals surface area contributed by atoms with Gasteiger partial charge in [0.2, 0.25) is 0 Å². The van der Waals surface area contributed by atoms with Crippen LogP contribution in [0.25, 0.3) is 6.08 Å². The van der Waals surface area contributed by atoms with Gasteiger partial charge < -0.3 is 12.9 Å². The Morgan fingerprint density at radius 1 is 1.24 bits per heavy atom. The van der Waals surface area contributed by atoms with Crippen molar-refractivity contribution < 1.29 is 69.1 Å². The zero-order chi connectivity index (χ0) is 12.2. The summed E-state index contributed by atoms with van der Waals surface area (Å²) in [5, 5.41) is 0. The van der Waals surface area contributed by atoms with Gasteiger partial charge in [0.25, 0.3) is 0 Å². The molecular weight excluding hydrogens is 255 g/mol. The molecule has 17 heavy (non-hydrogen) atoms. The van der Waals surface area contributed by atoms with Crippen molar-refractivity contribution in [2.75, 3.05) is 0 Å². The molecule has 0 atom stereocenters. The number of hydrogen-bond acceptors (Lipinski definition) is 1. The average molecular weight is 266 g/mol. The van der Waals surface area contributed by atoms with E-state index in [2.05, 4.69) is 0 Å². The van der Waals surface area contributed by atoms with Crippen LogP contribution >= 0.6 is 0 Å². The molecule has 0 aliphatic carbocycles. The maximum atomic E-state index is 12.2. The molecule has 1 rings (SSSR count). The summed E-state index contributed by atoms with van der Waals surface area (Å²) in [5.41, 5.74) is 0.409. The van der Waals surface area contributed by atoms with Crippen molar-refractivity contribution >= 4 is 18.8 Å². The third-order valence-corrected chi connectivity index (χ3v) is 2.04. The van der Waals surface area contributed by atoms with Gasteiger partial charge in [-0.05, 0) is 18.1 Å². The molecule has 0 aromatic heterocycles.